The van der Waals surface area contributed by atoms with Gasteiger partial charge < -0.3 is 33.5 Å². The number of fused-ring (bicyclic) bond motifs is 1. The second kappa shape index (κ2) is 16.5. The number of carbonyl (C=O) groups is 1. The number of amides is 1. The Labute approximate surface area is 251 Å². The van der Waals surface area contributed by atoms with Crippen LogP contribution in [0, 0.1) is 0 Å². The van der Waals surface area contributed by atoms with Gasteiger partial charge in [0.15, 0.2) is 0 Å². The van der Waals surface area contributed by atoms with Gasteiger partial charge >= 0.3 is 0 Å². The van der Waals surface area contributed by atoms with Crippen LogP contribution in [0.4, 0.5) is 5.69 Å². The number of aromatic hydroxyl groups is 1. The van der Waals surface area contributed by atoms with Crippen LogP contribution in [0.5, 0.6) is 5.75 Å². The molecule has 0 bridgehead atoms. The first kappa shape index (κ1) is 31.8. The van der Waals surface area contributed by atoms with Crippen LogP contribution in [0.3, 0.4) is 0 Å². The largest absolute Gasteiger partial charge is 0.506 e. The van der Waals surface area contributed by atoms with E-state index in [1.54, 1.807) is 37.6 Å². The van der Waals surface area contributed by atoms with Crippen molar-refractivity contribution in [2.24, 2.45) is 7.05 Å². The van der Waals surface area contributed by atoms with Gasteiger partial charge in [0.1, 0.15) is 11.3 Å². The van der Waals surface area contributed by atoms with Crippen molar-refractivity contribution in [2.45, 2.75) is 20.0 Å². The van der Waals surface area contributed by atoms with E-state index in [1.165, 1.54) is 9.47 Å². The fraction of sp³-hybridized carbons (Fsp3) is 0.364. The van der Waals surface area contributed by atoms with E-state index in [9.17, 15) is 14.7 Å². The number of nitrogens with zero attached hydrogens (tertiary/aromatic N) is 3. The molecule has 0 aliphatic carbocycles. The number of aryl methyl sites for hydroxylation is 2. The second-order valence-corrected chi connectivity index (χ2v) is 9.80. The highest BCUT2D eigenvalue weighted by molar-refractivity contribution is 6.10. The van der Waals surface area contributed by atoms with Crippen LogP contribution in [-0.2, 0) is 39.0 Å². The molecule has 0 atom stereocenters. The lowest BCUT2D eigenvalue weighted by atomic mass is 10.0. The molecule has 0 aliphatic rings. The van der Waals surface area contributed by atoms with Crippen molar-refractivity contribution < 1.29 is 28.8 Å². The van der Waals surface area contributed by atoms with Crippen molar-refractivity contribution in [3.8, 4) is 5.75 Å². The van der Waals surface area contributed by atoms with Gasteiger partial charge in [-0.3, -0.25) is 14.6 Å². The van der Waals surface area contributed by atoms with Gasteiger partial charge in [0.2, 0.25) is 0 Å². The van der Waals surface area contributed by atoms with E-state index in [0.29, 0.717) is 69.3 Å². The van der Waals surface area contributed by atoms with Gasteiger partial charge in [0.05, 0.1) is 58.4 Å². The number of hydrogen-bond acceptors (Lipinski definition) is 8. The van der Waals surface area contributed by atoms with Crippen LogP contribution in [0.15, 0.2) is 77.9 Å². The van der Waals surface area contributed by atoms with Crippen LogP contribution < -0.4 is 10.5 Å². The summed E-state index contributed by atoms with van der Waals surface area (Å²) >= 11 is 0. The zero-order valence-corrected chi connectivity index (χ0v) is 24.7. The number of aromatic nitrogens is 2. The molecule has 2 heterocycles. The lowest BCUT2D eigenvalue weighted by molar-refractivity contribution is -0.00345. The first-order valence-electron chi connectivity index (χ1n) is 14.4. The maximum Gasteiger partial charge on any atom is 0.267 e. The predicted octanol–water partition coefficient (Wildman–Crippen LogP) is 4.11. The van der Waals surface area contributed by atoms with Gasteiger partial charge in [-0.2, -0.15) is 0 Å². The lowest BCUT2D eigenvalue weighted by Crippen LogP contribution is -2.38. The fourth-order valence-electron chi connectivity index (χ4n) is 4.71. The highest BCUT2D eigenvalue weighted by Crippen LogP contribution is 2.31. The zero-order chi connectivity index (χ0) is 30.4. The van der Waals surface area contributed by atoms with Crippen molar-refractivity contribution in [3.05, 3.63) is 100 Å². The molecule has 1 amide bonds. The fourth-order valence-corrected chi connectivity index (χ4v) is 4.71. The Kier molecular flexibility index (Phi) is 12.2. The van der Waals surface area contributed by atoms with Crippen molar-refractivity contribution in [3.63, 3.8) is 0 Å². The molecule has 0 saturated carbocycles. The third-order valence-corrected chi connectivity index (χ3v) is 6.96. The second-order valence-electron chi connectivity index (χ2n) is 9.80. The smallest absolute Gasteiger partial charge is 0.267 e. The first-order chi connectivity index (χ1) is 21.0. The molecule has 0 radical (unpaired) electrons. The average Bonchev–Trinajstić information content (AvgIpc) is 3.04. The number of hydrogen-bond donors (Lipinski definition) is 1. The number of para-hydroxylation sites is 1. The normalized spacial score (nSPS) is 11.2. The summed E-state index contributed by atoms with van der Waals surface area (Å²) in [4.78, 5) is 32.6. The summed E-state index contributed by atoms with van der Waals surface area (Å²) in [5.41, 5.74) is 2.23. The monoisotopic (exact) mass is 589 g/mol. The van der Waals surface area contributed by atoms with Crippen molar-refractivity contribution in [1.82, 2.24) is 9.55 Å². The van der Waals surface area contributed by atoms with Gasteiger partial charge in [-0.25, -0.2) is 0 Å². The molecule has 2 aromatic carbocycles. The summed E-state index contributed by atoms with van der Waals surface area (Å²) in [6, 6.07) is 18.4. The van der Waals surface area contributed by atoms with Gasteiger partial charge in [0.25, 0.3) is 11.5 Å². The summed E-state index contributed by atoms with van der Waals surface area (Å²) in [5, 5.41) is 11.7. The topological polar surface area (TPSA) is 112 Å². The van der Waals surface area contributed by atoms with Crippen molar-refractivity contribution in [1.29, 1.82) is 0 Å². The van der Waals surface area contributed by atoms with E-state index in [1.807, 2.05) is 49.4 Å². The van der Waals surface area contributed by atoms with E-state index < -0.39 is 11.5 Å². The van der Waals surface area contributed by atoms with E-state index in [4.69, 9.17) is 18.9 Å². The van der Waals surface area contributed by atoms with E-state index in [0.717, 1.165) is 11.1 Å². The van der Waals surface area contributed by atoms with Crippen LogP contribution in [0.1, 0.15) is 28.4 Å². The molecule has 0 fully saturated rings. The molecule has 4 rings (SSSR count). The van der Waals surface area contributed by atoms with Gasteiger partial charge in [-0.05, 0) is 41.8 Å². The minimum Gasteiger partial charge on any atom is -0.506 e. The van der Waals surface area contributed by atoms with Crippen LogP contribution in [0.25, 0.3) is 10.9 Å². The number of pyridine rings is 2. The SMILES string of the molecule is CCc1cccc2c1c(O)c(C(=O)N(CCOCCOCCOCCOCc1cccnc1)c1ccccc1)c(=O)n2C. The number of carbonyl (C=O) groups excluding carboxylic acids is 1. The zero-order valence-electron chi connectivity index (χ0n) is 24.7. The standard InChI is InChI=1S/C33H39N3O7/c1-3-26-10-7-13-28-29(26)31(37)30(32(38)35(28)2)33(39)36(27-11-5-4-6-12-27)15-16-40-17-18-41-19-20-42-21-22-43-24-25-9-8-14-34-23-25/h4-14,23,37H,3,15-22,24H2,1-2H3. The quantitative estimate of drug-likeness (QED) is 0.183. The highest BCUT2D eigenvalue weighted by Gasteiger charge is 2.27. The molecule has 10 nitrogen and oxygen atoms in total. The van der Waals surface area contributed by atoms with Crippen molar-refractivity contribution >= 4 is 22.5 Å². The van der Waals surface area contributed by atoms with E-state index in [-0.39, 0.29) is 24.5 Å². The summed E-state index contributed by atoms with van der Waals surface area (Å²) in [6.45, 7) is 5.37. The van der Waals surface area contributed by atoms with Gasteiger partial charge in [-0.15, -0.1) is 0 Å². The highest BCUT2D eigenvalue weighted by atomic mass is 16.6. The molecule has 0 spiro atoms. The van der Waals surface area contributed by atoms with Crippen LogP contribution >= 0.6 is 0 Å². The predicted molar refractivity (Wildman–Crippen MR) is 165 cm³/mol. The van der Waals surface area contributed by atoms with E-state index >= 15 is 0 Å². The van der Waals surface area contributed by atoms with Crippen LogP contribution in [-0.4, -0.2) is 73.4 Å². The minimum atomic E-state index is -0.585. The number of rotatable bonds is 17. The molecule has 228 valence electrons. The minimum absolute atomic E-state index is 0.182. The third-order valence-electron chi connectivity index (χ3n) is 6.96. The first-order valence-corrected chi connectivity index (χ1v) is 14.4. The Morgan fingerprint density at radius 1 is 0.860 bits per heavy atom. The van der Waals surface area contributed by atoms with E-state index in [2.05, 4.69) is 4.98 Å². The molecule has 0 unspecified atom stereocenters. The van der Waals surface area contributed by atoms with Gasteiger partial charge in [0, 0.05) is 37.1 Å². The maximum absolute atomic E-state index is 13.8. The molecular formula is C33H39N3O7. The number of anilines is 1. The summed E-state index contributed by atoms with van der Waals surface area (Å²) < 4.78 is 23.8. The third kappa shape index (κ3) is 8.48. The summed E-state index contributed by atoms with van der Waals surface area (Å²) in [7, 11) is 1.61. The van der Waals surface area contributed by atoms with Gasteiger partial charge in [-0.1, -0.05) is 43.3 Å². The summed E-state index contributed by atoms with van der Waals surface area (Å²) in [6.07, 6.45) is 4.14. The van der Waals surface area contributed by atoms with Crippen molar-refractivity contribution in [2.75, 3.05) is 57.7 Å². The molecule has 4 aromatic rings. The molecule has 0 saturated heterocycles. The molecule has 0 aliphatic heterocycles. The Bertz CT molecular complexity index is 1510. The molecule has 2 aromatic heterocycles. The molecule has 1 N–H and O–H groups in total. The average molecular weight is 590 g/mol. The number of ether oxygens (including phenoxy) is 4. The molecular weight excluding hydrogens is 550 g/mol. The molecule has 43 heavy (non-hydrogen) atoms. The maximum atomic E-state index is 13.8. The number of benzene rings is 2. The van der Waals surface area contributed by atoms with Crippen LogP contribution in [0.2, 0.25) is 0 Å². The molecule has 10 heteroatoms. The summed E-state index contributed by atoms with van der Waals surface area (Å²) in [5.74, 6) is -0.878. The Hall–Kier alpha value is -4.09. The Morgan fingerprint density at radius 2 is 1.53 bits per heavy atom. The Morgan fingerprint density at radius 3 is 2.19 bits per heavy atom. The lowest BCUT2D eigenvalue weighted by Gasteiger charge is -2.24. The Balaban J connectivity index is 1.25.